The maximum atomic E-state index is 7.83. The van der Waals surface area contributed by atoms with Gasteiger partial charge in [0.05, 0.1) is 0 Å². The molecule has 23 valence electrons. The molecule has 0 atom stereocenters. The van der Waals surface area contributed by atoms with Gasteiger partial charge in [-0.15, -0.1) is 0 Å². The SMILES string of the molecule is O=S.[Mo].[P]. The van der Waals surface area contributed by atoms with E-state index < -0.39 is 0 Å². The van der Waals surface area contributed by atoms with Gasteiger partial charge in [-0.2, -0.15) is 4.21 Å². The van der Waals surface area contributed by atoms with E-state index >= 15 is 0 Å². The summed E-state index contributed by atoms with van der Waals surface area (Å²) >= 11 is 2.83. The van der Waals surface area contributed by atoms with Gasteiger partial charge in [-0.25, -0.2) is 0 Å². The van der Waals surface area contributed by atoms with Crippen molar-refractivity contribution in [2.45, 2.75) is 0 Å². The molecule has 0 saturated carbocycles. The summed E-state index contributed by atoms with van der Waals surface area (Å²) in [6.07, 6.45) is 0. The summed E-state index contributed by atoms with van der Waals surface area (Å²) in [6, 6.07) is 0. The van der Waals surface area contributed by atoms with Gasteiger partial charge in [0, 0.05) is 31.0 Å². The summed E-state index contributed by atoms with van der Waals surface area (Å²) in [6.45, 7) is 0. The normalized spacial score (nSPS) is 1.00. The van der Waals surface area contributed by atoms with Crippen LogP contribution in [0.15, 0.2) is 0 Å². The van der Waals surface area contributed by atoms with Gasteiger partial charge in [0.2, 0.25) is 0 Å². The van der Waals surface area contributed by atoms with Gasteiger partial charge in [-0.3, -0.25) is 0 Å². The average Bonchev–Trinajstić information content (AvgIpc) is 1.00. The molecule has 0 aliphatic heterocycles. The zero-order valence-electron chi connectivity index (χ0n) is 1.67. The Kier molecular flexibility index (Phi) is 151. The van der Waals surface area contributed by atoms with Crippen LogP contribution in [0.25, 0.3) is 0 Å². The number of rotatable bonds is 0. The first-order valence-corrected chi connectivity index (χ1v) is 0.500. The molecular formula is MoOPS. The van der Waals surface area contributed by atoms with E-state index in [0.29, 0.717) is 0 Å². The fourth-order valence-corrected chi connectivity index (χ4v) is 0. The van der Waals surface area contributed by atoms with Gasteiger partial charge in [0.25, 0.3) is 0 Å². The van der Waals surface area contributed by atoms with Crippen LogP contribution < -0.4 is 0 Å². The monoisotopic (exact) mass is 177 g/mol. The van der Waals surface area contributed by atoms with Gasteiger partial charge >= 0.3 is 0 Å². The Morgan fingerprint density at radius 3 is 1.25 bits per heavy atom. The molecule has 0 bridgehead atoms. The van der Waals surface area contributed by atoms with Crippen molar-refractivity contribution in [2.24, 2.45) is 0 Å². The summed E-state index contributed by atoms with van der Waals surface area (Å²) < 4.78 is 7.83. The molecule has 0 rings (SSSR count). The van der Waals surface area contributed by atoms with Crippen LogP contribution in [0.3, 0.4) is 0 Å². The Hall–Kier alpha value is 1.14. The van der Waals surface area contributed by atoms with Gasteiger partial charge in [-0.05, 0) is 0 Å². The van der Waals surface area contributed by atoms with Crippen LogP contribution in [0.1, 0.15) is 0 Å². The van der Waals surface area contributed by atoms with Crippen LogP contribution in [-0.2, 0) is 33.6 Å². The van der Waals surface area contributed by atoms with Crippen molar-refractivity contribution in [1.82, 2.24) is 0 Å². The Morgan fingerprint density at radius 1 is 1.25 bits per heavy atom. The summed E-state index contributed by atoms with van der Waals surface area (Å²) in [5, 5.41) is 0. The Labute approximate surface area is 48.0 Å². The minimum atomic E-state index is 0. The minimum absolute atomic E-state index is 0. The predicted octanol–water partition coefficient (Wildman–Crippen LogP) is 0.522. The van der Waals surface area contributed by atoms with Gasteiger partial charge in [-0.1, -0.05) is 0 Å². The molecule has 1 nitrogen and oxygen atoms in total. The summed E-state index contributed by atoms with van der Waals surface area (Å²) in [7, 11) is 0. The zero-order chi connectivity index (χ0) is 2.00. The molecular weight excluding hydrogens is 175 g/mol. The van der Waals surface area contributed by atoms with Crippen molar-refractivity contribution in [3.05, 3.63) is 0 Å². The molecule has 0 unspecified atom stereocenters. The van der Waals surface area contributed by atoms with Gasteiger partial charge < -0.3 is 0 Å². The second-order valence-electron chi connectivity index (χ2n) is 0. The van der Waals surface area contributed by atoms with Crippen molar-refractivity contribution in [3.63, 3.8) is 0 Å². The third kappa shape index (κ3) is 11.1. The van der Waals surface area contributed by atoms with Crippen LogP contribution in [-0.4, -0.2) is 4.21 Å². The molecule has 0 aromatic carbocycles. The van der Waals surface area contributed by atoms with Crippen molar-refractivity contribution in [2.75, 3.05) is 0 Å². The Balaban J connectivity index is -0.00000000500. The van der Waals surface area contributed by atoms with Crippen LogP contribution >= 0.6 is 9.90 Å². The summed E-state index contributed by atoms with van der Waals surface area (Å²) in [4.78, 5) is 0. The standard InChI is InChI=1S/Mo.OS.P/c;1-2;. The molecule has 0 aromatic rings. The smallest absolute Gasteiger partial charge is 0.197 e. The van der Waals surface area contributed by atoms with E-state index in [0.717, 1.165) is 0 Å². The molecule has 0 aliphatic carbocycles. The van der Waals surface area contributed by atoms with Crippen molar-refractivity contribution < 1.29 is 25.3 Å². The maximum absolute atomic E-state index is 7.83. The molecule has 0 N–H and O–H groups in total. The molecule has 0 aliphatic rings. The molecule has 0 saturated heterocycles. The maximum Gasteiger partial charge on any atom is 0.197 e. The zero-order valence-corrected chi connectivity index (χ0v) is 5.39. The second kappa shape index (κ2) is 31.5. The first-order valence-electron chi connectivity index (χ1n) is 0.167. The van der Waals surface area contributed by atoms with Crippen molar-refractivity contribution in [3.8, 4) is 0 Å². The minimum Gasteiger partial charge on any atom is -0.197 e. The first kappa shape index (κ1) is 19.2. The number of hydrogen-bond acceptors (Lipinski definition) is 2. The van der Waals surface area contributed by atoms with Gasteiger partial charge in [0.1, 0.15) is 0 Å². The Morgan fingerprint density at radius 2 is 1.25 bits per heavy atom. The first-order chi connectivity index (χ1) is 1.00. The van der Waals surface area contributed by atoms with Crippen LogP contribution in [0.5, 0.6) is 0 Å². The fourth-order valence-electron chi connectivity index (χ4n) is 0. The van der Waals surface area contributed by atoms with E-state index in [4.69, 9.17) is 4.21 Å². The molecule has 0 heterocycles. The van der Waals surface area contributed by atoms with Crippen LogP contribution in [0.4, 0.5) is 0 Å². The summed E-state index contributed by atoms with van der Waals surface area (Å²) in [5.41, 5.74) is 0. The van der Waals surface area contributed by atoms with E-state index in [1.807, 2.05) is 0 Å². The van der Waals surface area contributed by atoms with E-state index in [1.165, 1.54) is 0 Å². The largest absolute Gasteiger partial charge is 0.197 e. The third-order valence-corrected chi connectivity index (χ3v) is 0. The van der Waals surface area contributed by atoms with E-state index in [1.54, 1.807) is 0 Å². The molecule has 4 heavy (non-hydrogen) atoms. The summed E-state index contributed by atoms with van der Waals surface area (Å²) in [5.74, 6) is 0. The molecule has 0 fully saturated rings. The Bertz CT molecular complexity index is 8.00. The second-order valence-corrected chi connectivity index (χ2v) is 0. The van der Waals surface area contributed by atoms with Crippen LogP contribution in [0.2, 0.25) is 0 Å². The molecule has 3 radical (unpaired) electrons. The van der Waals surface area contributed by atoms with E-state index in [2.05, 4.69) is 12.5 Å². The molecule has 0 spiro atoms. The van der Waals surface area contributed by atoms with Crippen molar-refractivity contribution in [1.29, 1.82) is 0 Å². The number of hydrogen-bond donors (Lipinski definition) is 0. The quantitative estimate of drug-likeness (QED) is 0.394. The molecule has 4 heteroatoms. The fraction of sp³-hybridized carbons (Fsp3) is 0. The van der Waals surface area contributed by atoms with Crippen LogP contribution in [0, 0.1) is 0 Å². The predicted molar refractivity (Wildman–Crippen MR) is 15.1 cm³/mol. The van der Waals surface area contributed by atoms with E-state index in [9.17, 15) is 0 Å². The van der Waals surface area contributed by atoms with E-state index in [-0.39, 0.29) is 31.0 Å². The molecule has 0 amide bonds. The molecule has 0 aromatic heterocycles. The van der Waals surface area contributed by atoms with Crippen molar-refractivity contribution >= 4 is 22.4 Å². The van der Waals surface area contributed by atoms with Gasteiger partial charge in [0.15, 0.2) is 12.5 Å². The topological polar surface area (TPSA) is 17.1 Å². The average molecular weight is 175 g/mol. The third-order valence-electron chi connectivity index (χ3n) is 0.